The predicted molar refractivity (Wildman–Crippen MR) is 79.1 cm³/mol. The van der Waals surface area contributed by atoms with Crippen LogP contribution in [0.1, 0.15) is 36.0 Å². The fourth-order valence-corrected chi connectivity index (χ4v) is 5.27. The van der Waals surface area contributed by atoms with Crippen molar-refractivity contribution in [2.75, 3.05) is 5.88 Å². The molecular weight excluding hydrogens is 389 g/mol. The molecule has 1 heterocycles. The molecule has 0 radical (unpaired) electrons. The highest BCUT2D eigenvalue weighted by molar-refractivity contribution is 9.12. The number of rotatable bonds is 3. The van der Waals surface area contributed by atoms with Crippen molar-refractivity contribution in [3.05, 3.63) is 19.2 Å². The molecule has 0 aliphatic heterocycles. The van der Waals surface area contributed by atoms with Gasteiger partial charge in [-0.3, -0.25) is 4.79 Å². The SMILES string of the molecule is O=C(NC1(CCl)CCCC1)c1cc(Br)sc1Br. The summed E-state index contributed by atoms with van der Waals surface area (Å²) in [7, 11) is 0. The molecule has 6 heteroatoms. The molecule has 1 aromatic heterocycles. The first kappa shape index (κ1) is 13.8. The van der Waals surface area contributed by atoms with Crippen LogP contribution in [0.5, 0.6) is 0 Å². The van der Waals surface area contributed by atoms with Gasteiger partial charge in [0.1, 0.15) is 0 Å². The van der Waals surface area contributed by atoms with Gasteiger partial charge in [0.05, 0.1) is 18.7 Å². The van der Waals surface area contributed by atoms with Gasteiger partial charge < -0.3 is 5.32 Å². The summed E-state index contributed by atoms with van der Waals surface area (Å²) in [6, 6.07) is 1.83. The summed E-state index contributed by atoms with van der Waals surface area (Å²) < 4.78 is 1.80. The Labute approximate surface area is 126 Å². The van der Waals surface area contributed by atoms with Gasteiger partial charge in [-0.1, -0.05) is 12.8 Å². The van der Waals surface area contributed by atoms with Crippen molar-refractivity contribution in [1.82, 2.24) is 5.32 Å². The van der Waals surface area contributed by atoms with Crippen molar-refractivity contribution in [1.29, 1.82) is 0 Å². The van der Waals surface area contributed by atoms with E-state index in [4.69, 9.17) is 11.6 Å². The third-order valence-corrected chi connectivity index (χ3v) is 5.95. The van der Waals surface area contributed by atoms with Crippen LogP contribution < -0.4 is 5.32 Å². The molecule has 1 saturated carbocycles. The molecule has 1 N–H and O–H groups in total. The number of hydrogen-bond acceptors (Lipinski definition) is 2. The second kappa shape index (κ2) is 5.59. The third-order valence-electron chi connectivity index (χ3n) is 3.10. The molecule has 94 valence electrons. The number of carbonyl (C=O) groups is 1. The minimum absolute atomic E-state index is 0.0404. The van der Waals surface area contributed by atoms with E-state index >= 15 is 0 Å². The van der Waals surface area contributed by atoms with Gasteiger partial charge in [-0.05, 0) is 50.8 Å². The first-order chi connectivity index (χ1) is 8.06. The lowest BCUT2D eigenvalue weighted by atomic mass is 10.00. The maximum absolute atomic E-state index is 12.2. The van der Waals surface area contributed by atoms with Gasteiger partial charge in [-0.2, -0.15) is 0 Å². The molecule has 1 fully saturated rings. The normalized spacial score (nSPS) is 18.3. The van der Waals surface area contributed by atoms with Crippen LogP contribution >= 0.6 is 54.8 Å². The number of carbonyl (C=O) groups excluding carboxylic acids is 1. The minimum Gasteiger partial charge on any atom is -0.345 e. The average Bonchev–Trinajstić information content (AvgIpc) is 2.86. The van der Waals surface area contributed by atoms with Crippen LogP contribution in [0.2, 0.25) is 0 Å². The van der Waals surface area contributed by atoms with Crippen molar-refractivity contribution in [2.45, 2.75) is 31.2 Å². The summed E-state index contributed by atoms with van der Waals surface area (Å²) >= 11 is 14.3. The predicted octanol–water partition coefficient (Wildman–Crippen LogP) is 4.55. The van der Waals surface area contributed by atoms with Crippen LogP contribution in [0.15, 0.2) is 13.6 Å². The Morgan fingerprint density at radius 1 is 1.47 bits per heavy atom. The third kappa shape index (κ3) is 3.06. The molecular formula is C11H12Br2ClNOS. The molecule has 0 saturated heterocycles. The van der Waals surface area contributed by atoms with E-state index in [0.717, 1.165) is 33.3 Å². The second-order valence-corrected chi connectivity index (χ2v) is 8.33. The summed E-state index contributed by atoms with van der Waals surface area (Å²) in [5, 5.41) is 3.10. The Kier molecular flexibility index (Phi) is 4.55. The highest BCUT2D eigenvalue weighted by Gasteiger charge is 2.35. The number of alkyl halides is 1. The van der Waals surface area contributed by atoms with Gasteiger partial charge in [0.25, 0.3) is 5.91 Å². The van der Waals surface area contributed by atoms with Crippen LogP contribution in [0.25, 0.3) is 0 Å². The van der Waals surface area contributed by atoms with Gasteiger partial charge in [0.15, 0.2) is 0 Å². The molecule has 2 rings (SSSR count). The second-order valence-electron chi connectivity index (χ2n) is 4.31. The molecule has 2 nitrogen and oxygen atoms in total. The summed E-state index contributed by atoms with van der Waals surface area (Å²) in [5.74, 6) is 0.447. The van der Waals surface area contributed by atoms with E-state index in [9.17, 15) is 4.79 Å². The number of halogens is 3. The molecule has 0 spiro atoms. The van der Waals surface area contributed by atoms with Crippen molar-refractivity contribution < 1.29 is 4.79 Å². The molecule has 0 bridgehead atoms. The van der Waals surface area contributed by atoms with E-state index in [1.54, 1.807) is 0 Å². The zero-order valence-corrected chi connectivity index (χ0v) is 13.8. The van der Waals surface area contributed by atoms with Crippen LogP contribution in [-0.4, -0.2) is 17.3 Å². The minimum atomic E-state index is -0.202. The zero-order chi connectivity index (χ0) is 12.5. The van der Waals surface area contributed by atoms with Gasteiger partial charge in [-0.25, -0.2) is 0 Å². The molecule has 0 atom stereocenters. The Balaban J connectivity index is 2.13. The zero-order valence-electron chi connectivity index (χ0n) is 9.06. The summed E-state index contributed by atoms with van der Waals surface area (Å²) in [6.45, 7) is 0. The largest absolute Gasteiger partial charge is 0.345 e. The van der Waals surface area contributed by atoms with Crippen molar-refractivity contribution in [3.8, 4) is 0 Å². The highest BCUT2D eigenvalue weighted by atomic mass is 79.9. The van der Waals surface area contributed by atoms with Gasteiger partial charge >= 0.3 is 0 Å². The monoisotopic (exact) mass is 399 g/mol. The number of hydrogen-bond donors (Lipinski definition) is 1. The molecule has 0 unspecified atom stereocenters. The lowest BCUT2D eigenvalue weighted by Gasteiger charge is -2.27. The van der Waals surface area contributed by atoms with Gasteiger partial charge in [0.2, 0.25) is 0 Å². The first-order valence-corrected chi connectivity index (χ1v) is 8.33. The Hall–Kier alpha value is 0.420. The lowest BCUT2D eigenvalue weighted by Crippen LogP contribution is -2.47. The van der Waals surface area contributed by atoms with Crippen LogP contribution in [0.3, 0.4) is 0 Å². The molecule has 1 aliphatic rings. The van der Waals surface area contributed by atoms with E-state index in [-0.39, 0.29) is 11.4 Å². The van der Waals surface area contributed by atoms with Crippen molar-refractivity contribution in [3.63, 3.8) is 0 Å². The fraction of sp³-hybridized carbons (Fsp3) is 0.545. The van der Waals surface area contributed by atoms with E-state index < -0.39 is 0 Å². The summed E-state index contributed by atoms with van der Waals surface area (Å²) in [4.78, 5) is 12.2. The first-order valence-electron chi connectivity index (χ1n) is 5.40. The van der Waals surface area contributed by atoms with E-state index in [2.05, 4.69) is 37.2 Å². The highest BCUT2D eigenvalue weighted by Crippen LogP contribution is 2.34. The van der Waals surface area contributed by atoms with E-state index in [1.807, 2.05) is 6.07 Å². The molecule has 17 heavy (non-hydrogen) atoms. The molecule has 1 aliphatic carbocycles. The lowest BCUT2D eigenvalue weighted by molar-refractivity contribution is 0.0909. The van der Waals surface area contributed by atoms with Crippen molar-refractivity contribution >= 4 is 60.7 Å². The fourth-order valence-electron chi connectivity index (χ4n) is 2.15. The Morgan fingerprint density at radius 3 is 2.59 bits per heavy atom. The Bertz CT molecular complexity index is 429. The standard InChI is InChI=1S/C11H12Br2ClNOS/c12-8-5-7(9(13)17-8)10(16)15-11(6-14)3-1-2-4-11/h5H,1-4,6H2,(H,15,16). The van der Waals surface area contributed by atoms with E-state index in [1.165, 1.54) is 11.3 Å². The summed E-state index contributed by atoms with van der Waals surface area (Å²) in [5.41, 5.74) is 0.477. The quantitative estimate of drug-likeness (QED) is 0.740. The number of amides is 1. The molecule has 0 aromatic carbocycles. The summed E-state index contributed by atoms with van der Waals surface area (Å²) in [6.07, 6.45) is 4.24. The van der Waals surface area contributed by atoms with Gasteiger partial charge in [0, 0.05) is 5.88 Å². The molecule has 1 aromatic rings. The topological polar surface area (TPSA) is 29.1 Å². The number of thiophene rings is 1. The van der Waals surface area contributed by atoms with E-state index in [0.29, 0.717) is 11.4 Å². The van der Waals surface area contributed by atoms with Crippen LogP contribution in [0, 0.1) is 0 Å². The number of nitrogens with one attached hydrogen (secondary N) is 1. The maximum atomic E-state index is 12.2. The molecule has 1 amide bonds. The smallest absolute Gasteiger partial charge is 0.253 e. The van der Waals surface area contributed by atoms with Crippen LogP contribution in [0.4, 0.5) is 0 Å². The van der Waals surface area contributed by atoms with Crippen LogP contribution in [-0.2, 0) is 0 Å². The van der Waals surface area contributed by atoms with Crippen molar-refractivity contribution in [2.24, 2.45) is 0 Å². The van der Waals surface area contributed by atoms with Gasteiger partial charge in [-0.15, -0.1) is 22.9 Å². The maximum Gasteiger partial charge on any atom is 0.253 e. The average molecular weight is 402 g/mol. The Morgan fingerprint density at radius 2 is 2.12 bits per heavy atom.